The minimum atomic E-state index is 0.902. The van der Waals surface area contributed by atoms with Gasteiger partial charge in [0, 0.05) is 27.9 Å². The monoisotopic (exact) mass is 303 g/mol. The molecule has 0 saturated heterocycles. The average Bonchev–Trinajstić information content (AvgIpc) is 2.70. The molecule has 0 aliphatic carbocycles. The predicted molar refractivity (Wildman–Crippen MR) is 79.4 cm³/mol. The van der Waals surface area contributed by atoms with E-state index in [0.717, 1.165) is 16.8 Å². The molecule has 0 unspecified atom stereocenters. The first-order chi connectivity index (χ1) is 8.74. The minimum Gasteiger partial charge on any atom is -0.497 e. The van der Waals surface area contributed by atoms with Crippen molar-refractivity contribution in [2.45, 2.75) is 13.5 Å². The molecule has 0 saturated carbocycles. The summed E-state index contributed by atoms with van der Waals surface area (Å²) in [5.74, 6) is 0.902. The lowest BCUT2D eigenvalue weighted by Crippen LogP contribution is -1.93. The molecule has 0 spiro atoms. The van der Waals surface area contributed by atoms with E-state index in [1.54, 1.807) is 7.11 Å². The molecule has 18 heavy (non-hydrogen) atoms. The first-order valence-electron chi connectivity index (χ1n) is 6.00. The van der Waals surface area contributed by atoms with Gasteiger partial charge in [0.25, 0.3) is 0 Å². The van der Waals surface area contributed by atoms with Crippen molar-refractivity contribution in [1.82, 2.24) is 4.57 Å². The van der Waals surface area contributed by atoms with Crippen LogP contribution in [0, 0.1) is 0 Å². The molecule has 0 aliphatic rings. The van der Waals surface area contributed by atoms with E-state index in [4.69, 9.17) is 4.74 Å². The fraction of sp³-hybridized carbons (Fsp3) is 0.200. The summed E-state index contributed by atoms with van der Waals surface area (Å²) in [6.07, 6.45) is 0. The Morgan fingerprint density at radius 3 is 2.39 bits per heavy atom. The van der Waals surface area contributed by atoms with Crippen molar-refractivity contribution in [3.63, 3.8) is 0 Å². The van der Waals surface area contributed by atoms with Gasteiger partial charge >= 0.3 is 0 Å². The number of aromatic nitrogens is 1. The molecule has 0 bridgehead atoms. The maximum Gasteiger partial charge on any atom is 0.120 e. The summed E-state index contributed by atoms with van der Waals surface area (Å²) in [5, 5.41) is 2.57. The van der Waals surface area contributed by atoms with Crippen molar-refractivity contribution < 1.29 is 4.74 Å². The Balaban J connectivity index is 2.48. The second-order valence-electron chi connectivity index (χ2n) is 4.29. The Morgan fingerprint density at radius 2 is 1.72 bits per heavy atom. The average molecular weight is 304 g/mol. The van der Waals surface area contributed by atoms with Crippen LogP contribution in [-0.4, -0.2) is 11.7 Å². The molecule has 3 rings (SSSR count). The molecular weight excluding hydrogens is 290 g/mol. The van der Waals surface area contributed by atoms with Gasteiger partial charge in [-0.1, -0.05) is 22.0 Å². The standard InChI is InChI=1S/C15H14BrNO/c1-3-17-14-8-10(16)4-6-12(14)13-7-5-11(18-2)9-15(13)17/h4-9H,3H2,1-2H3. The molecular formula is C15H14BrNO. The van der Waals surface area contributed by atoms with Gasteiger partial charge < -0.3 is 9.30 Å². The van der Waals surface area contributed by atoms with E-state index in [9.17, 15) is 0 Å². The largest absolute Gasteiger partial charge is 0.497 e. The highest BCUT2D eigenvalue weighted by molar-refractivity contribution is 9.10. The Morgan fingerprint density at radius 1 is 1.06 bits per heavy atom. The number of benzene rings is 2. The van der Waals surface area contributed by atoms with Crippen LogP contribution in [0.2, 0.25) is 0 Å². The van der Waals surface area contributed by atoms with E-state index in [1.165, 1.54) is 21.8 Å². The molecule has 0 amide bonds. The SMILES string of the molecule is CCn1c2cc(Br)ccc2c2ccc(OC)cc21. The van der Waals surface area contributed by atoms with Crippen LogP contribution >= 0.6 is 15.9 Å². The highest BCUT2D eigenvalue weighted by Crippen LogP contribution is 2.32. The van der Waals surface area contributed by atoms with Crippen LogP contribution < -0.4 is 4.74 Å². The molecule has 1 aromatic heterocycles. The van der Waals surface area contributed by atoms with Crippen molar-refractivity contribution in [2.24, 2.45) is 0 Å². The number of nitrogens with zero attached hydrogens (tertiary/aromatic N) is 1. The summed E-state index contributed by atoms with van der Waals surface area (Å²) in [4.78, 5) is 0. The third-order valence-corrected chi connectivity index (χ3v) is 3.85. The van der Waals surface area contributed by atoms with Gasteiger partial charge in [-0.3, -0.25) is 0 Å². The van der Waals surface area contributed by atoms with E-state index in [0.29, 0.717) is 0 Å². The molecule has 1 heterocycles. The fourth-order valence-electron chi connectivity index (χ4n) is 2.52. The van der Waals surface area contributed by atoms with Gasteiger partial charge in [-0.15, -0.1) is 0 Å². The number of fused-ring (bicyclic) bond motifs is 3. The van der Waals surface area contributed by atoms with E-state index >= 15 is 0 Å². The topological polar surface area (TPSA) is 14.2 Å². The second kappa shape index (κ2) is 4.32. The van der Waals surface area contributed by atoms with E-state index < -0.39 is 0 Å². The molecule has 92 valence electrons. The molecule has 3 heteroatoms. The Bertz CT molecular complexity index is 730. The van der Waals surface area contributed by atoms with E-state index in [-0.39, 0.29) is 0 Å². The van der Waals surface area contributed by atoms with Gasteiger partial charge in [0.15, 0.2) is 0 Å². The van der Waals surface area contributed by atoms with Gasteiger partial charge in [0.1, 0.15) is 5.75 Å². The lowest BCUT2D eigenvalue weighted by molar-refractivity contribution is 0.415. The third-order valence-electron chi connectivity index (χ3n) is 3.35. The zero-order valence-electron chi connectivity index (χ0n) is 10.4. The molecule has 0 radical (unpaired) electrons. The van der Waals surface area contributed by atoms with Crippen molar-refractivity contribution >= 4 is 37.7 Å². The highest BCUT2D eigenvalue weighted by Gasteiger charge is 2.10. The van der Waals surface area contributed by atoms with Crippen LogP contribution in [0.5, 0.6) is 5.75 Å². The Hall–Kier alpha value is -1.48. The summed E-state index contributed by atoms with van der Waals surface area (Å²) >= 11 is 3.54. The Labute approximate surface area is 114 Å². The number of hydrogen-bond acceptors (Lipinski definition) is 1. The zero-order valence-corrected chi connectivity index (χ0v) is 12.0. The minimum absolute atomic E-state index is 0.902. The van der Waals surface area contributed by atoms with Crippen LogP contribution in [0.4, 0.5) is 0 Å². The number of halogens is 1. The number of aryl methyl sites for hydroxylation is 1. The fourth-order valence-corrected chi connectivity index (χ4v) is 2.86. The molecule has 0 aliphatic heterocycles. The maximum atomic E-state index is 5.32. The number of methoxy groups -OCH3 is 1. The van der Waals surface area contributed by atoms with Crippen LogP contribution in [-0.2, 0) is 6.54 Å². The quantitative estimate of drug-likeness (QED) is 0.675. The molecule has 0 N–H and O–H groups in total. The smallest absolute Gasteiger partial charge is 0.120 e. The highest BCUT2D eigenvalue weighted by atomic mass is 79.9. The summed E-state index contributed by atoms with van der Waals surface area (Å²) in [6, 6.07) is 12.7. The zero-order chi connectivity index (χ0) is 12.7. The lowest BCUT2D eigenvalue weighted by Gasteiger charge is -2.04. The Kier molecular flexibility index (Phi) is 2.78. The van der Waals surface area contributed by atoms with Gasteiger partial charge in [-0.05, 0) is 31.2 Å². The predicted octanol–water partition coefficient (Wildman–Crippen LogP) is 4.59. The first kappa shape index (κ1) is 11.6. The van der Waals surface area contributed by atoms with Gasteiger partial charge in [0.05, 0.1) is 18.1 Å². The maximum absolute atomic E-state index is 5.32. The van der Waals surface area contributed by atoms with E-state index in [2.05, 4.69) is 57.8 Å². The summed E-state index contributed by atoms with van der Waals surface area (Å²) in [7, 11) is 1.71. The van der Waals surface area contributed by atoms with E-state index in [1.807, 2.05) is 6.07 Å². The number of hydrogen-bond donors (Lipinski definition) is 0. The molecule has 0 atom stereocenters. The third kappa shape index (κ3) is 1.62. The van der Waals surface area contributed by atoms with Crippen molar-refractivity contribution in [3.8, 4) is 5.75 Å². The molecule has 2 nitrogen and oxygen atoms in total. The number of rotatable bonds is 2. The van der Waals surface area contributed by atoms with Gasteiger partial charge in [-0.2, -0.15) is 0 Å². The molecule has 0 fully saturated rings. The summed E-state index contributed by atoms with van der Waals surface area (Å²) < 4.78 is 8.75. The molecule has 3 aromatic rings. The molecule has 2 aromatic carbocycles. The van der Waals surface area contributed by atoms with Crippen molar-refractivity contribution in [2.75, 3.05) is 7.11 Å². The van der Waals surface area contributed by atoms with Crippen molar-refractivity contribution in [1.29, 1.82) is 0 Å². The second-order valence-corrected chi connectivity index (χ2v) is 5.20. The van der Waals surface area contributed by atoms with Gasteiger partial charge in [0.2, 0.25) is 0 Å². The number of ether oxygens (including phenoxy) is 1. The lowest BCUT2D eigenvalue weighted by atomic mass is 10.1. The first-order valence-corrected chi connectivity index (χ1v) is 6.79. The van der Waals surface area contributed by atoms with Gasteiger partial charge in [-0.25, -0.2) is 0 Å². The van der Waals surface area contributed by atoms with Crippen LogP contribution in [0.3, 0.4) is 0 Å². The van der Waals surface area contributed by atoms with Crippen LogP contribution in [0.1, 0.15) is 6.92 Å². The van der Waals surface area contributed by atoms with Crippen molar-refractivity contribution in [3.05, 3.63) is 40.9 Å². The summed E-state index contributed by atoms with van der Waals surface area (Å²) in [6.45, 7) is 3.11. The van der Waals surface area contributed by atoms with Crippen LogP contribution in [0.25, 0.3) is 21.8 Å². The summed E-state index contributed by atoms with van der Waals surface area (Å²) in [5.41, 5.74) is 2.49. The normalized spacial score (nSPS) is 11.3. The van der Waals surface area contributed by atoms with Crippen LogP contribution in [0.15, 0.2) is 40.9 Å².